The fourth-order valence-corrected chi connectivity index (χ4v) is 4.87. The number of carbonyl (C=O) groups excluding carboxylic acids is 1. The van der Waals surface area contributed by atoms with Crippen LogP contribution in [0.1, 0.15) is 42.1 Å². The molecule has 1 amide bonds. The molecule has 152 valence electrons. The molecule has 1 aromatic heterocycles. The van der Waals surface area contributed by atoms with Gasteiger partial charge in [-0.1, -0.05) is 52.7 Å². The van der Waals surface area contributed by atoms with Gasteiger partial charge in [0.25, 0.3) is 0 Å². The van der Waals surface area contributed by atoms with Crippen LogP contribution in [0.25, 0.3) is 10.9 Å². The van der Waals surface area contributed by atoms with Crippen LogP contribution in [0, 0.1) is 20.8 Å². The van der Waals surface area contributed by atoms with Gasteiger partial charge in [-0.05, 0) is 75.6 Å². The van der Waals surface area contributed by atoms with Crippen molar-refractivity contribution in [2.75, 3.05) is 0 Å². The minimum absolute atomic E-state index is 0.0614. The number of aromatic nitrogens is 1. The van der Waals surface area contributed by atoms with Gasteiger partial charge in [0.15, 0.2) is 0 Å². The van der Waals surface area contributed by atoms with Crippen LogP contribution in [0.2, 0.25) is 10.0 Å². The van der Waals surface area contributed by atoms with Crippen LogP contribution in [0.5, 0.6) is 0 Å². The third-order valence-electron chi connectivity index (χ3n) is 4.89. The van der Waals surface area contributed by atoms with Gasteiger partial charge in [0.2, 0.25) is 5.91 Å². The number of nitrogens with one attached hydrogen (secondary N) is 1. The minimum Gasteiger partial charge on any atom is -0.349 e. The Morgan fingerprint density at radius 3 is 2.45 bits per heavy atom. The predicted molar refractivity (Wildman–Crippen MR) is 124 cm³/mol. The van der Waals surface area contributed by atoms with Crippen molar-refractivity contribution < 1.29 is 4.79 Å². The van der Waals surface area contributed by atoms with Crippen LogP contribution in [-0.2, 0) is 4.79 Å². The first-order chi connectivity index (χ1) is 13.7. The lowest BCUT2D eigenvalue weighted by molar-refractivity contribution is -0.120. The van der Waals surface area contributed by atoms with E-state index in [0.29, 0.717) is 10.0 Å². The summed E-state index contributed by atoms with van der Waals surface area (Å²) in [5.74, 6) is -0.0614. The van der Waals surface area contributed by atoms with Crippen LogP contribution < -0.4 is 5.32 Å². The zero-order chi connectivity index (χ0) is 21.3. The molecule has 3 rings (SSSR count). The molecule has 2 aromatic carbocycles. The second-order valence-electron chi connectivity index (χ2n) is 7.41. The van der Waals surface area contributed by atoms with Gasteiger partial charge in [0.05, 0.1) is 21.8 Å². The number of thioether (sulfide) groups is 1. The minimum atomic E-state index is -0.293. The molecule has 3 nitrogen and oxygen atoms in total. The van der Waals surface area contributed by atoms with E-state index in [-0.39, 0.29) is 17.2 Å². The first-order valence-corrected chi connectivity index (χ1v) is 11.1. The predicted octanol–water partition coefficient (Wildman–Crippen LogP) is 6.82. The Kier molecular flexibility index (Phi) is 6.77. The molecule has 0 unspecified atom stereocenters. The van der Waals surface area contributed by atoms with Crippen LogP contribution in [0.15, 0.2) is 41.4 Å². The third kappa shape index (κ3) is 5.06. The molecule has 1 N–H and O–H groups in total. The Bertz CT molecular complexity index is 1080. The van der Waals surface area contributed by atoms with Gasteiger partial charge in [0, 0.05) is 15.4 Å². The molecule has 1 heterocycles. The summed E-state index contributed by atoms with van der Waals surface area (Å²) in [5, 5.41) is 5.87. The summed E-state index contributed by atoms with van der Waals surface area (Å²) >= 11 is 13.7. The summed E-state index contributed by atoms with van der Waals surface area (Å²) < 4.78 is 0. The molecule has 29 heavy (non-hydrogen) atoms. The number of nitrogens with zero attached hydrogens (tertiary/aromatic N) is 1. The van der Waals surface area contributed by atoms with Crippen molar-refractivity contribution >= 4 is 51.8 Å². The SMILES string of the molecule is Cc1cc(C)c2nc(S[C@@H](C)C(=O)N[C@H](C)c3ccc(Cl)cc3Cl)cc(C)c2c1. The molecule has 0 aliphatic heterocycles. The largest absolute Gasteiger partial charge is 0.349 e. The van der Waals surface area contributed by atoms with Gasteiger partial charge in [-0.15, -0.1) is 0 Å². The van der Waals surface area contributed by atoms with E-state index in [4.69, 9.17) is 28.2 Å². The molecule has 0 aliphatic rings. The van der Waals surface area contributed by atoms with Gasteiger partial charge in [0.1, 0.15) is 0 Å². The first-order valence-electron chi connectivity index (χ1n) is 9.46. The molecule has 6 heteroatoms. The molecule has 0 saturated carbocycles. The van der Waals surface area contributed by atoms with E-state index in [1.165, 1.54) is 22.9 Å². The number of halogens is 2. The number of aryl methyl sites for hydroxylation is 3. The monoisotopic (exact) mass is 446 g/mol. The highest BCUT2D eigenvalue weighted by Gasteiger charge is 2.20. The lowest BCUT2D eigenvalue weighted by atomic mass is 10.0. The summed E-state index contributed by atoms with van der Waals surface area (Å²) in [6.45, 7) is 10.1. The number of fused-ring (bicyclic) bond motifs is 1. The van der Waals surface area contributed by atoms with Crippen LogP contribution in [0.4, 0.5) is 0 Å². The van der Waals surface area contributed by atoms with Gasteiger partial charge < -0.3 is 5.32 Å². The molecular formula is C23H24Cl2N2OS. The maximum atomic E-state index is 12.7. The number of benzene rings is 2. The van der Waals surface area contributed by atoms with E-state index >= 15 is 0 Å². The van der Waals surface area contributed by atoms with Gasteiger partial charge in [-0.2, -0.15) is 0 Å². The number of amides is 1. The Morgan fingerprint density at radius 1 is 1.03 bits per heavy atom. The molecule has 0 bridgehead atoms. The highest BCUT2D eigenvalue weighted by molar-refractivity contribution is 8.00. The maximum absolute atomic E-state index is 12.7. The number of carbonyl (C=O) groups is 1. The highest BCUT2D eigenvalue weighted by Crippen LogP contribution is 2.30. The lowest BCUT2D eigenvalue weighted by Gasteiger charge is -2.19. The molecule has 0 fully saturated rings. The number of hydrogen-bond acceptors (Lipinski definition) is 3. The summed E-state index contributed by atoms with van der Waals surface area (Å²) in [7, 11) is 0. The molecular weight excluding hydrogens is 423 g/mol. The summed E-state index contributed by atoms with van der Waals surface area (Å²) in [6.07, 6.45) is 0. The molecule has 0 radical (unpaired) electrons. The van der Waals surface area contributed by atoms with Crippen LogP contribution in [0.3, 0.4) is 0 Å². The first kappa shape index (κ1) is 21.9. The van der Waals surface area contributed by atoms with Gasteiger partial charge >= 0.3 is 0 Å². The van der Waals surface area contributed by atoms with Crippen molar-refractivity contribution in [3.63, 3.8) is 0 Å². The second kappa shape index (κ2) is 8.95. The molecule has 0 spiro atoms. The van der Waals surface area contributed by atoms with E-state index in [2.05, 4.69) is 44.3 Å². The normalized spacial score (nSPS) is 13.3. The molecule has 0 saturated heterocycles. The second-order valence-corrected chi connectivity index (χ2v) is 9.62. The Balaban J connectivity index is 1.75. The fourth-order valence-electron chi connectivity index (χ4n) is 3.37. The summed E-state index contributed by atoms with van der Waals surface area (Å²) in [5.41, 5.74) is 5.37. The Morgan fingerprint density at radius 2 is 1.76 bits per heavy atom. The van der Waals surface area contributed by atoms with Crippen molar-refractivity contribution in [3.8, 4) is 0 Å². The molecule has 0 aliphatic carbocycles. The van der Waals surface area contributed by atoms with Gasteiger partial charge in [-0.25, -0.2) is 4.98 Å². The zero-order valence-corrected chi connectivity index (χ0v) is 19.5. The highest BCUT2D eigenvalue weighted by atomic mass is 35.5. The Hall–Kier alpha value is -1.75. The lowest BCUT2D eigenvalue weighted by Crippen LogP contribution is -2.33. The summed E-state index contributed by atoms with van der Waals surface area (Å²) in [6, 6.07) is 11.4. The van der Waals surface area contributed by atoms with Crippen molar-refractivity contribution in [1.82, 2.24) is 10.3 Å². The van der Waals surface area contributed by atoms with E-state index in [9.17, 15) is 4.79 Å². The zero-order valence-electron chi connectivity index (χ0n) is 17.1. The van der Waals surface area contributed by atoms with E-state index in [0.717, 1.165) is 27.1 Å². The van der Waals surface area contributed by atoms with Gasteiger partial charge in [-0.3, -0.25) is 4.79 Å². The van der Waals surface area contributed by atoms with E-state index in [1.54, 1.807) is 12.1 Å². The van der Waals surface area contributed by atoms with Crippen molar-refractivity contribution in [2.45, 2.75) is 50.9 Å². The topological polar surface area (TPSA) is 42.0 Å². The number of pyridine rings is 1. The smallest absolute Gasteiger partial charge is 0.233 e. The fraction of sp³-hybridized carbons (Fsp3) is 0.304. The number of rotatable bonds is 5. The van der Waals surface area contributed by atoms with E-state index in [1.807, 2.05) is 19.9 Å². The average molecular weight is 447 g/mol. The number of hydrogen-bond donors (Lipinski definition) is 1. The van der Waals surface area contributed by atoms with Crippen LogP contribution >= 0.6 is 35.0 Å². The van der Waals surface area contributed by atoms with E-state index < -0.39 is 0 Å². The average Bonchev–Trinajstić information content (AvgIpc) is 2.62. The quantitative estimate of drug-likeness (QED) is 0.436. The standard InChI is InChI=1S/C23H24Cl2N2OS/c1-12-8-14(3)22-19(9-12)13(2)10-21(27-22)29-16(5)23(28)26-15(4)18-7-6-17(24)11-20(18)25/h6-11,15-16H,1-5H3,(H,26,28)/t15-,16+/m1/s1. The van der Waals surface area contributed by atoms with Crippen LogP contribution in [-0.4, -0.2) is 16.1 Å². The molecule has 3 aromatic rings. The maximum Gasteiger partial charge on any atom is 0.233 e. The van der Waals surface area contributed by atoms with Crippen molar-refractivity contribution in [2.24, 2.45) is 0 Å². The van der Waals surface area contributed by atoms with Crippen molar-refractivity contribution in [1.29, 1.82) is 0 Å². The van der Waals surface area contributed by atoms with Crippen molar-refractivity contribution in [3.05, 3.63) is 68.7 Å². The Labute approximate surface area is 186 Å². The molecule has 2 atom stereocenters. The summed E-state index contributed by atoms with van der Waals surface area (Å²) in [4.78, 5) is 17.5. The third-order valence-corrected chi connectivity index (χ3v) is 6.47.